The summed E-state index contributed by atoms with van der Waals surface area (Å²) in [5.41, 5.74) is -0.381. The van der Waals surface area contributed by atoms with E-state index in [0.29, 0.717) is 6.42 Å². The fourth-order valence-electron chi connectivity index (χ4n) is 1.68. The van der Waals surface area contributed by atoms with E-state index in [9.17, 15) is 14.7 Å². The van der Waals surface area contributed by atoms with E-state index in [-0.39, 0.29) is 23.8 Å². The first-order valence-corrected chi connectivity index (χ1v) is 4.73. The zero-order valence-corrected chi connectivity index (χ0v) is 8.00. The van der Waals surface area contributed by atoms with Crippen LogP contribution in [0.3, 0.4) is 0 Å². The van der Waals surface area contributed by atoms with Gasteiger partial charge in [0.2, 0.25) is 0 Å². The van der Waals surface area contributed by atoms with Gasteiger partial charge in [0.25, 0.3) is 12.0 Å². The number of aliphatic hydroxyl groups excluding tert-OH is 1. The molecule has 1 unspecified atom stereocenters. The third-order valence-corrected chi connectivity index (χ3v) is 2.67. The van der Waals surface area contributed by atoms with Crippen LogP contribution in [-0.4, -0.2) is 22.2 Å². The van der Waals surface area contributed by atoms with Crippen LogP contribution in [0.1, 0.15) is 18.9 Å². The molecule has 5 nitrogen and oxygen atoms in total. The Kier molecular flexibility index (Phi) is 2.55. The summed E-state index contributed by atoms with van der Waals surface area (Å²) in [7, 11) is 0. The van der Waals surface area contributed by atoms with Gasteiger partial charge in [-0.3, -0.25) is 9.59 Å². The van der Waals surface area contributed by atoms with Crippen LogP contribution >= 0.6 is 0 Å². The SMILES string of the molecule is O=COc1cccn(C2CC[C@@H]2O)c1=O. The Labute approximate surface area is 85.9 Å². The van der Waals surface area contributed by atoms with Crippen LogP contribution in [0.25, 0.3) is 0 Å². The number of rotatable bonds is 3. The molecule has 0 bridgehead atoms. The van der Waals surface area contributed by atoms with Gasteiger partial charge in [0.1, 0.15) is 0 Å². The van der Waals surface area contributed by atoms with Gasteiger partial charge in [-0.05, 0) is 25.0 Å². The predicted octanol–water partition coefficient (Wildman–Crippen LogP) is 0.0793. The van der Waals surface area contributed by atoms with Crippen molar-refractivity contribution in [2.45, 2.75) is 25.0 Å². The highest BCUT2D eigenvalue weighted by Crippen LogP contribution is 2.31. The summed E-state index contributed by atoms with van der Waals surface area (Å²) >= 11 is 0. The minimum atomic E-state index is -0.478. The van der Waals surface area contributed by atoms with Gasteiger partial charge in [-0.1, -0.05) is 0 Å². The summed E-state index contributed by atoms with van der Waals surface area (Å²) in [5.74, 6) is -0.00778. The summed E-state index contributed by atoms with van der Waals surface area (Å²) in [5, 5.41) is 9.44. The highest BCUT2D eigenvalue weighted by atomic mass is 16.5. The molecule has 15 heavy (non-hydrogen) atoms. The molecule has 1 fully saturated rings. The number of aliphatic hydroxyl groups is 1. The minimum absolute atomic E-state index is 0.00778. The number of hydrogen-bond donors (Lipinski definition) is 1. The molecule has 0 aliphatic heterocycles. The Morgan fingerprint density at radius 2 is 2.33 bits per heavy atom. The maximum absolute atomic E-state index is 11.7. The molecule has 0 spiro atoms. The third-order valence-electron chi connectivity index (χ3n) is 2.67. The number of aromatic nitrogens is 1. The van der Waals surface area contributed by atoms with Gasteiger partial charge in [0.05, 0.1) is 12.1 Å². The molecule has 1 aromatic rings. The molecule has 1 N–H and O–H groups in total. The molecule has 0 saturated heterocycles. The molecule has 2 rings (SSSR count). The second kappa shape index (κ2) is 3.86. The van der Waals surface area contributed by atoms with Gasteiger partial charge < -0.3 is 14.4 Å². The summed E-state index contributed by atoms with van der Waals surface area (Å²) in [6.07, 6.45) is 2.59. The van der Waals surface area contributed by atoms with Gasteiger partial charge >= 0.3 is 0 Å². The maximum atomic E-state index is 11.7. The predicted molar refractivity (Wildman–Crippen MR) is 51.7 cm³/mol. The second-order valence-electron chi connectivity index (χ2n) is 3.51. The quantitative estimate of drug-likeness (QED) is 0.716. The molecular formula is C10H11NO4. The van der Waals surface area contributed by atoms with Crippen LogP contribution < -0.4 is 10.3 Å². The molecule has 1 aliphatic rings. The van der Waals surface area contributed by atoms with Crippen LogP contribution in [-0.2, 0) is 4.79 Å². The third kappa shape index (κ3) is 1.66. The van der Waals surface area contributed by atoms with E-state index < -0.39 is 6.10 Å². The lowest BCUT2D eigenvalue weighted by molar-refractivity contribution is -0.120. The molecular weight excluding hydrogens is 198 g/mol. The van der Waals surface area contributed by atoms with Gasteiger partial charge in [-0.25, -0.2) is 0 Å². The molecule has 1 heterocycles. The highest BCUT2D eigenvalue weighted by molar-refractivity contribution is 5.44. The molecule has 0 aromatic carbocycles. The van der Waals surface area contributed by atoms with Crippen molar-refractivity contribution in [3.05, 3.63) is 28.7 Å². The van der Waals surface area contributed by atoms with Gasteiger partial charge in [0, 0.05) is 6.20 Å². The van der Waals surface area contributed by atoms with Crippen molar-refractivity contribution in [2.75, 3.05) is 0 Å². The van der Waals surface area contributed by atoms with Crippen LogP contribution in [0.2, 0.25) is 0 Å². The number of hydrogen-bond acceptors (Lipinski definition) is 4. The van der Waals surface area contributed by atoms with Gasteiger partial charge in [-0.2, -0.15) is 0 Å². The fraction of sp³-hybridized carbons (Fsp3) is 0.400. The Morgan fingerprint density at radius 3 is 2.87 bits per heavy atom. The van der Waals surface area contributed by atoms with E-state index in [1.807, 2.05) is 0 Å². The summed E-state index contributed by atoms with van der Waals surface area (Å²) in [4.78, 5) is 21.8. The first-order chi connectivity index (χ1) is 7.24. The molecule has 5 heteroatoms. The smallest absolute Gasteiger partial charge is 0.298 e. The Balaban J connectivity index is 2.35. The van der Waals surface area contributed by atoms with Crippen molar-refractivity contribution in [1.82, 2.24) is 4.57 Å². The summed E-state index contributed by atoms with van der Waals surface area (Å²) < 4.78 is 5.95. The van der Waals surface area contributed by atoms with Gasteiger partial charge in [0.15, 0.2) is 5.75 Å². The minimum Gasteiger partial charge on any atom is -0.423 e. The first-order valence-electron chi connectivity index (χ1n) is 4.73. The fourth-order valence-corrected chi connectivity index (χ4v) is 1.68. The maximum Gasteiger partial charge on any atom is 0.298 e. The number of ether oxygens (including phenoxy) is 1. The average Bonchev–Trinajstić information content (AvgIpc) is 2.22. The van der Waals surface area contributed by atoms with E-state index in [1.165, 1.54) is 10.6 Å². The van der Waals surface area contributed by atoms with Crippen LogP contribution in [0.15, 0.2) is 23.1 Å². The second-order valence-corrected chi connectivity index (χ2v) is 3.51. The molecule has 0 radical (unpaired) electrons. The molecule has 2 atom stereocenters. The number of nitrogens with zero attached hydrogens (tertiary/aromatic N) is 1. The van der Waals surface area contributed by atoms with Crippen molar-refractivity contribution >= 4 is 6.47 Å². The molecule has 1 aromatic heterocycles. The Bertz CT molecular complexity index is 426. The van der Waals surface area contributed by atoms with Crippen LogP contribution in [0, 0.1) is 0 Å². The molecule has 1 saturated carbocycles. The largest absolute Gasteiger partial charge is 0.423 e. The van der Waals surface area contributed by atoms with Crippen LogP contribution in [0.5, 0.6) is 5.75 Å². The first kappa shape index (κ1) is 9.92. The normalized spacial score (nSPS) is 24.3. The van der Waals surface area contributed by atoms with Crippen LogP contribution in [0.4, 0.5) is 0 Å². The molecule has 0 amide bonds. The zero-order valence-electron chi connectivity index (χ0n) is 8.00. The topological polar surface area (TPSA) is 68.5 Å². The standard InChI is InChI=1S/C10H11NO4/c12-6-15-9-2-1-5-11(10(9)14)7-3-4-8(7)13/h1-2,5-8,13H,3-4H2/t7?,8-/m0/s1. The molecule has 1 aliphatic carbocycles. The zero-order chi connectivity index (χ0) is 10.8. The lowest BCUT2D eigenvalue weighted by Gasteiger charge is -2.33. The average molecular weight is 209 g/mol. The van der Waals surface area contributed by atoms with E-state index in [0.717, 1.165) is 6.42 Å². The Morgan fingerprint density at radius 1 is 1.53 bits per heavy atom. The van der Waals surface area contributed by atoms with Gasteiger partial charge in [-0.15, -0.1) is 0 Å². The van der Waals surface area contributed by atoms with E-state index >= 15 is 0 Å². The highest BCUT2D eigenvalue weighted by Gasteiger charge is 2.31. The lowest BCUT2D eigenvalue weighted by atomic mass is 9.89. The van der Waals surface area contributed by atoms with Crippen molar-refractivity contribution in [3.8, 4) is 5.75 Å². The summed E-state index contributed by atoms with van der Waals surface area (Å²) in [6.45, 7) is 0.221. The van der Waals surface area contributed by atoms with Crippen molar-refractivity contribution < 1.29 is 14.6 Å². The van der Waals surface area contributed by atoms with E-state index in [2.05, 4.69) is 4.74 Å². The van der Waals surface area contributed by atoms with E-state index in [1.54, 1.807) is 12.3 Å². The summed E-state index contributed by atoms with van der Waals surface area (Å²) in [6, 6.07) is 2.86. The number of carbonyl (C=O) groups is 1. The Hall–Kier alpha value is -1.62. The lowest BCUT2D eigenvalue weighted by Crippen LogP contribution is -2.39. The van der Waals surface area contributed by atoms with Crippen molar-refractivity contribution in [3.63, 3.8) is 0 Å². The molecule has 80 valence electrons. The monoisotopic (exact) mass is 209 g/mol. The van der Waals surface area contributed by atoms with Crippen molar-refractivity contribution in [1.29, 1.82) is 0 Å². The number of pyridine rings is 1. The van der Waals surface area contributed by atoms with Crippen molar-refractivity contribution in [2.24, 2.45) is 0 Å². The van der Waals surface area contributed by atoms with E-state index in [4.69, 9.17) is 0 Å². The number of carbonyl (C=O) groups excluding carboxylic acids is 1.